The molecule has 1 saturated heterocycles. The molecular weight excluding hydrogens is 374 g/mol. The third kappa shape index (κ3) is 3.24. The fraction of sp³-hybridized carbons (Fsp3) is 0.0667. The maximum absolute atomic E-state index is 12.1. The molecule has 1 aliphatic rings. The minimum Gasteiger partial charge on any atom is -0.265 e. The van der Waals surface area contributed by atoms with E-state index < -0.39 is 16.2 Å². The Morgan fingerprint density at radius 2 is 1.81 bits per heavy atom. The van der Waals surface area contributed by atoms with Crippen molar-refractivity contribution in [3.63, 3.8) is 0 Å². The lowest BCUT2D eigenvalue weighted by Gasteiger charge is -2.17. The summed E-state index contributed by atoms with van der Waals surface area (Å²) in [6.07, 6.45) is 2.89. The number of aromatic nitrogens is 2. The minimum atomic E-state index is -3.91. The average Bonchev–Trinajstić information content (AvgIpc) is 3.33. The number of nitrogens with one attached hydrogen (secondary N) is 4. The van der Waals surface area contributed by atoms with Crippen LogP contribution in [0.5, 0.6) is 0 Å². The fourth-order valence-electron chi connectivity index (χ4n) is 2.73. The molecule has 0 spiro atoms. The van der Waals surface area contributed by atoms with Crippen molar-refractivity contribution in [2.45, 2.75) is 11.1 Å². The van der Waals surface area contributed by atoms with Crippen LogP contribution in [0.25, 0.3) is 21.8 Å². The zero-order chi connectivity index (χ0) is 18.1. The van der Waals surface area contributed by atoms with Crippen LogP contribution in [0.4, 0.5) is 0 Å². The summed E-state index contributed by atoms with van der Waals surface area (Å²) in [6.45, 7) is 0. The summed E-state index contributed by atoms with van der Waals surface area (Å²) in [5.74, 6) is 0. The van der Waals surface area contributed by atoms with Crippen LogP contribution in [0.2, 0.25) is 0 Å². The SMILES string of the molecule is NS(=O)(=O)c1cccc(-c2nc(-c3ccncc3)cs2)c1C1NNNN1. The summed E-state index contributed by atoms with van der Waals surface area (Å²) in [7, 11) is -3.91. The van der Waals surface area contributed by atoms with Crippen LogP contribution in [0.15, 0.2) is 53.0 Å². The van der Waals surface area contributed by atoms with Gasteiger partial charge in [-0.05, 0) is 18.2 Å². The number of hydrogen-bond acceptors (Lipinski definition) is 9. The Morgan fingerprint density at radius 3 is 2.50 bits per heavy atom. The third-order valence-corrected chi connectivity index (χ3v) is 5.71. The summed E-state index contributed by atoms with van der Waals surface area (Å²) in [5, 5.41) is 8.03. The summed E-state index contributed by atoms with van der Waals surface area (Å²) < 4.78 is 24.2. The molecule has 2 aromatic heterocycles. The molecule has 0 bridgehead atoms. The summed E-state index contributed by atoms with van der Waals surface area (Å²) in [5.41, 5.74) is 14.1. The monoisotopic (exact) mass is 389 g/mol. The normalized spacial score (nSPS) is 15.4. The van der Waals surface area contributed by atoms with E-state index >= 15 is 0 Å². The Balaban J connectivity index is 1.86. The first-order valence-electron chi connectivity index (χ1n) is 7.57. The summed E-state index contributed by atoms with van der Waals surface area (Å²) in [4.78, 5) is 8.70. The summed E-state index contributed by atoms with van der Waals surface area (Å²) >= 11 is 1.43. The molecule has 134 valence electrons. The van der Waals surface area contributed by atoms with E-state index in [-0.39, 0.29) is 4.90 Å². The van der Waals surface area contributed by atoms with Crippen molar-refractivity contribution in [1.82, 2.24) is 31.9 Å². The van der Waals surface area contributed by atoms with Crippen molar-refractivity contribution >= 4 is 21.4 Å². The van der Waals surface area contributed by atoms with Gasteiger partial charge in [0.1, 0.15) is 11.2 Å². The number of nitrogens with two attached hydrogens (primary N) is 1. The first kappa shape index (κ1) is 17.2. The van der Waals surface area contributed by atoms with Gasteiger partial charge in [0.2, 0.25) is 10.0 Å². The Hall–Kier alpha value is -2.25. The van der Waals surface area contributed by atoms with Gasteiger partial charge >= 0.3 is 0 Å². The molecule has 3 aromatic rings. The average molecular weight is 389 g/mol. The van der Waals surface area contributed by atoms with Gasteiger partial charge in [-0.3, -0.25) is 4.98 Å². The highest BCUT2D eigenvalue weighted by Gasteiger charge is 2.27. The first-order valence-corrected chi connectivity index (χ1v) is 10.00. The van der Waals surface area contributed by atoms with Crippen molar-refractivity contribution in [1.29, 1.82) is 0 Å². The molecule has 26 heavy (non-hydrogen) atoms. The third-order valence-electron chi connectivity index (χ3n) is 3.87. The number of rotatable bonds is 4. The predicted octanol–water partition coefficient (Wildman–Crippen LogP) is 0.635. The van der Waals surface area contributed by atoms with Crippen LogP contribution < -0.4 is 27.1 Å². The van der Waals surface area contributed by atoms with E-state index in [1.165, 1.54) is 17.4 Å². The Bertz CT molecular complexity index is 1030. The zero-order valence-electron chi connectivity index (χ0n) is 13.3. The van der Waals surface area contributed by atoms with Gasteiger partial charge in [0.25, 0.3) is 0 Å². The van der Waals surface area contributed by atoms with Gasteiger partial charge in [0.15, 0.2) is 0 Å². The lowest BCUT2D eigenvalue weighted by Crippen LogP contribution is -2.33. The van der Waals surface area contributed by atoms with Crippen LogP contribution in [0.3, 0.4) is 0 Å². The molecule has 0 aliphatic carbocycles. The number of benzene rings is 1. The molecule has 11 heteroatoms. The number of pyridine rings is 1. The zero-order valence-corrected chi connectivity index (χ0v) is 14.9. The molecule has 3 heterocycles. The number of hydrazine groups is 3. The second kappa shape index (κ2) is 6.81. The van der Waals surface area contributed by atoms with Crippen LogP contribution in [0.1, 0.15) is 11.7 Å². The van der Waals surface area contributed by atoms with E-state index in [0.29, 0.717) is 16.1 Å². The van der Waals surface area contributed by atoms with E-state index in [0.717, 1.165) is 11.3 Å². The smallest absolute Gasteiger partial charge is 0.238 e. The van der Waals surface area contributed by atoms with Crippen molar-refractivity contribution in [2.75, 3.05) is 0 Å². The van der Waals surface area contributed by atoms with Gasteiger partial charge in [0.05, 0.1) is 10.6 Å². The molecule has 0 saturated carbocycles. The van der Waals surface area contributed by atoms with Gasteiger partial charge < -0.3 is 0 Å². The molecule has 0 unspecified atom stereocenters. The van der Waals surface area contributed by atoms with Gasteiger partial charge in [-0.2, -0.15) is 11.1 Å². The quantitative estimate of drug-likeness (QED) is 0.439. The molecule has 1 aromatic carbocycles. The van der Waals surface area contributed by atoms with Gasteiger partial charge in [-0.25, -0.2) is 29.4 Å². The second-order valence-corrected chi connectivity index (χ2v) is 7.90. The highest BCUT2D eigenvalue weighted by atomic mass is 32.2. The van der Waals surface area contributed by atoms with Crippen molar-refractivity contribution in [2.24, 2.45) is 5.14 Å². The first-order chi connectivity index (χ1) is 12.5. The highest BCUT2D eigenvalue weighted by molar-refractivity contribution is 7.89. The summed E-state index contributed by atoms with van der Waals surface area (Å²) in [6, 6.07) is 8.69. The van der Waals surface area contributed by atoms with E-state index in [9.17, 15) is 8.42 Å². The molecule has 9 nitrogen and oxygen atoms in total. The molecule has 4 rings (SSSR count). The van der Waals surface area contributed by atoms with Crippen molar-refractivity contribution in [3.05, 3.63) is 53.7 Å². The topological polar surface area (TPSA) is 134 Å². The molecule has 0 radical (unpaired) electrons. The maximum atomic E-state index is 12.1. The highest BCUT2D eigenvalue weighted by Crippen LogP contribution is 2.35. The standard InChI is InChI=1S/C15H15N7O2S2/c16-26(23,24)12-3-1-2-10(13(12)14-19-21-22-20-14)15-18-11(8-25-15)9-4-6-17-7-5-9/h1-8,14,19-22H,(H2,16,23,24). The Morgan fingerprint density at radius 1 is 1.08 bits per heavy atom. The van der Waals surface area contributed by atoms with Crippen LogP contribution in [-0.4, -0.2) is 18.4 Å². The molecule has 1 fully saturated rings. The Labute approximate surface area is 153 Å². The number of thiazole rings is 1. The van der Waals surface area contributed by atoms with Crippen LogP contribution in [0, 0.1) is 0 Å². The molecule has 0 atom stereocenters. The fourth-order valence-corrected chi connectivity index (χ4v) is 4.40. The largest absolute Gasteiger partial charge is 0.265 e. The number of hydrogen-bond donors (Lipinski definition) is 5. The molecule has 0 amide bonds. The Kier molecular flexibility index (Phi) is 4.50. The second-order valence-electron chi connectivity index (χ2n) is 5.51. The number of primary sulfonamides is 1. The molecular formula is C15H15N7O2S2. The van der Waals surface area contributed by atoms with Crippen molar-refractivity contribution < 1.29 is 8.42 Å². The van der Waals surface area contributed by atoms with Gasteiger partial charge in [-0.1, -0.05) is 12.1 Å². The van der Waals surface area contributed by atoms with Crippen LogP contribution >= 0.6 is 11.3 Å². The predicted molar refractivity (Wildman–Crippen MR) is 97.4 cm³/mol. The molecule has 6 N–H and O–H groups in total. The lowest BCUT2D eigenvalue weighted by molar-refractivity contribution is 0.540. The van der Waals surface area contributed by atoms with E-state index in [2.05, 4.69) is 31.9 Å². The van der Waals surface area contributed by atoms with Gasteiger partial charge in [-0.15, -0.1) is 11.3 Å². The van der Waals surface area contributed by atoms with E-state index in [4.69, 9.17) is 5.14 Å². The molecule has 1 aliphatic heterocycles. The van der Waals surface area contributed by atoms with Crippen molar-refractivity contribution in [3.8, 4) is 21.8 Å². The lowest BCUT2D eigenvalue weighted by atomic mass is 10.1. The van der Waals surface area contributed by atoms with E-state index in [1.54, 1.807) is 18.5 Å². The number of sulfonamides is 1. The van der Waals surface area contributed by atoms with E-state index in [1.807, 2.05) is 23.6 Å². The van der Waals surface area contributed by atoms with Gasteiger partial charge in [0, 0.05) is 34.5 Å². The number of nitrogens with zero attached hydrogens (tertiary/aromatic N) is 2. The maximum Gasteiger partial charge on any atom is 0.238 e. The van der Waals surface area contributed by atoms with Crippen LogP contribution in [-0.2, 0) is 10.0 Å². The minimum absolute atomic E-state index is 0.0335.